The van der Waals surface area contributed by atoms with Crippen LogP contribution in [0.25, 0.3) is 0 Å². The van der Waals surface area contributed by atoms with E-state index in [1.54, 1.807) is 18.4 Å². The predicted molar refractivity (Wildman–Crippen MR) is 82.5 cm³/mol. The minimum absolute atomic E-state index is 0.00441. The van der Waals surface area contributed by atoms with E-state index in [2.05, 4.69) is 5.38 Å². The second-order valence-electron chi connectivity index (χ2n) is 6.17. The van der Waals surface area contributed by atoms with Gasteiger partial charge in [0.2, 0.25) is 5.91 Å². The third-order valence-electron chi connectivity index (χ3n) is 4.71. The summed E-state index contributed by atoms with van der Waals surface area (Å²) in [6, 6.07) is 2.03. The molecule has 3 rings (SSSR count). The van der Waals surface area contributed by atoms with E-state index in [9.17, 15) is 4.79 Å². The van der Waals surface area contributed by atoms with Crippen LogP contribution in [0, 0.1) is 5.41 Å². The van der Waals surface area contributed by atoms with Gasteiger partial charge in [-0.15, -0.1) is 0 Å². The number of nitrogens with zero attached hydrogens (tertiary/aromatic N) is 1. The van der Waals surface area contributed by atoms with Crippen molar-refractivity contribution >= 4 is 17.2 Å². The molecule has 21 heavy (non-hydrogen) atoms. The SMILES string of the molecule is COCC12CCCOC1CCN(C(=O)Cc1ccsc1)C2. The number of thiophene rings is 1. The molecule has 0 aromatic carbocycles. The molecule has 0 spiro atoms. The summed E-state index contributed by atoms with van der Waals surface area (Å²) in [6.45, 7) is 3.10. The van der Waals surface area contributed by atoms with Crippen molar-refractivity contribution in [2.75, 3.05) is 33.4 Å². The number of piperidine rings is 1. The van der Waals surface area contributed by atoms with Crippen LogP contribution in [0.3, 0.4) is 0 Å². The van der Waals surface area contributed by atoms with Crippen LogP contribution in [0.15, 0.2) is 16.8 Å². The van der Waals surface area contributed by atoms with Crippen LogP contribution >= 0.6 is 11.3 Å². The molecule has 0 radical (unpaired) electrons. The number of amides is 1. The molecule has 2 unspecified atom stereocenters. The molecule has 0 saturated carbocycles. The van der Waals surface area contributed by atoms with E-state index in [-0.39, 0.29) is 17.4 Å². The van der Waals surface area contributed by atoms with Gasteiger partial charge >= 0.3 is 0 Å². The van der Waals surface area contributed by atoms with Gasteiger partial charge in [-0.1, -0.05) is 0 Å². The van der Waals surface area contributed by atoms with Gasteiger partial charge in [0.05, 0.1) is 19.1 Å². The third-order valence-corrected chi connectivity index (χ3v) is 5.44. The van der Waals surface area contributed by atoms with Gasteiger partial charge in [-0.05, 0) is 41.7 Å². The maximum Gasteiger partial charge on any atom is 0.227 e. The normalized spacial score (nSPS) is 29.2. The molecule has 2 aliphatic rings. The van der Waals surface area contributed by atoms with Crippen LogP contribution in [0.2, 0.25) is 0 Å². The summed E-state index contributed by atoms with van der Waals surface area (Å²) in [7, 11) is 1.74. The number of rotatable bonds is 4. The first-order chi connectivity index (χ1) is 10.2. The van der Waals surface area contributed by atoms with Crippen LogP contribution in [-0.2, 0) is 20.7 Å². The van der Waals surface area contributed by atoms with Gasteiger partial charge in [-0.25, -0.2) is 0 Å². The second kappa shape index (κ2) is 6.46. The van der Waals surface area contributed by atoms with Crippen molar-refractivity contribution in [3.63, 3.8) is 0 Å². The zero-order valence-electron chi connectivity index (χ0n) is 12.5. The van der Waals surface area contributed by atoms with E-state index in [1.807, 2.05) is 16.3 Å². The molecule has 2 fully saturated rings. The lowest BCUT2D eigenvalue weighted by atomic mass is 9.73. The van der Waals surface area contributed by atoms with E-state index >= 15 is 0 Å². The molecule has 2 saturated heterocycles. The monoisotopic (exact) mass is 309 g/mol. The van der Waals surface area contributed by atoms with Gasteiger partial charge in [0.15, 0.2) is 0 Å². The van der Waals surface area contributed by atoms with Gasteiger partial charge in [0, 0.05) is 32.2 Å². The van der Waals surface area contributed by atoms with Crippen molar-refractivity contribution in [2.24, 2.45) is 5.41 Å². The van der Waals surface area contributed by atoms with Gasteiger partial charge in [-0.3, -0.25) is 4.79 Å². The molecule has 1 amide bonds. The van der Waals surface area contributed by atoms with Gasteiger partial charge < -0.3 is 14.4 Å². The van der Waals surface area contributed by atoms with Gasteiger partial charge in [-0.2, -0.15) is 11.3 Å². The molecule has 1 aromatic heterocycles. The highest BCUT2D eigenvalue weighted by Crippen LogP contribution is 2.40. The fourth-order valence-electron chi connectivity index (χ4n) is 3.68. The molecular formula is C16H23NO3S. The van der Waals surface area contributed by atoms with E-state index in [0.717, 1.165) is 44.5 Å². The Labute approximate surface area is 130 Å². The Bertz CT molecular complexity index is 472. The Morgan fingerprint density at radius 1 is 1.62 bits per heavy atom. The fourth-order valence-corrected chi connectivity index (χ4v) is 4.35. The zero-order valence-corrected chi connectivity index (χ0v) is 13.4. The molecule has 0 bridgehead atoms. The third kappa shape index (κ3) is 3.15. The summed E-state index contributed by atoms with van der Waals surface area (Å²) in [4.78, 5) is 14.6. The van der Waals surface area contributed by atoms with Crippen LogP contribution in [-0.4, -0.2) is 50.3 Å². The maximum atomic E-state index is 12.5. The van der Waals surface area contributed by atoms with Crippen LogP contribution in [0.5, 0.6) is 0 Å². The zero-order chi connectivity index (χ0) is 14.7. The first kappa shape index (κ1) is 15.0. The van der Waals surface area contributed by atoms with Crippen molar-refractivity contribution in [1.82, 2.24) is 4.90 Å². The lowest BCUT2D eigenvalue weighted by molar-refractivity contribution is -0.161. The number of likely N-dealkylation sites (tertiary alicyclic amines) is 1. The maximum absolute atomic E-state index is 12.5. The highest BCUT2D eigenvalue weighted by atomic mass is 32.1. The van der Waals surface area contributed by atoms with E-state index in [1.165, 1.54) is 0 Å². The summed E-state index contributed by atoms with van der Waals surface area (Å²) < 4.78 is 11.4. The molecule has 0 aliphatic carbocycles. The molecule has 2 aliphatic heterocycles. The lowest BCUT2D eigenvalue weighted by Gasteiger charge is -2.50. The van der Waals surface area contributed by atoms with Crippen molar-refractivity contribution < 1.29 is 14.3 Å². The Morgan fingerprint density at radius 2 is 2.52 bits per heavy atom. The van der Waals surface area contributed by atoms with Crippen LogP contribution < -0.4 is 0 Å². The molecule has 2 atom stereocenters. The Morgan fingerprint density at radius 3 is 3.29 bits per heavy atom. The highest BCUT2D eigenvalue weighted by molar-refractivity contribution is 7.07. The number of ether oxygens (including phenoxy) is 2. The molecule has 0 N–H and O–H groups in total. The van der Waals surface area contributed by atoms with E-state index in [4.69, 9.17) is 9.47 Å². The average Bonchev–Trinajstić information content (AvgIpc) is 2.99. The second-order valence-corrected chi connectivity index (χ2v) is 6.95. The summed E-state index contributed by atoms with van der Waals surface area (Å²) in [6.07, 6.45) is 3.84. The lowest BCUT2D eigenvalue weighted by Crippen LogP contribution is -2.58. The number of hydrogen-bond donors (Lipinski definition) is 0. The first-order valence-corrected chi connectivity index (χ1v) is 8.57. The Balaban J connectivity index is 1.69. The van der Waals surface area contributed by atoms with Crippen molar-refractivity contribution in [3.8, 4) is 0 Å². The summed E-state index contributed by atoms with van der Waals surface area (Å²) in [5.41, 5.74) is 1.11. The number of methoxy groups -OCH3 is 1. The minimum atomic E-state index is -0.00441. The van der Waals surface area contributed by atoms with Crippen LogP contribution in [0.4, 0.5) is 0 Å². The Hall–Kier alpha value is -0.910. The molecule has 116 valence electrons. The van der Waals surface area contributed by atoms with Crippen molar-refractivity contribution in [3.05, 3.63) is 22.4 Å². The topological polar surface area (TPSA) is 38.8 Å². The van der Waals surface area contributed by atoms with Crippen molar-refractivity contribution in [2.45, 2.75) is 31.8 Å². The van der Waals surface area contributed by atoms with E-state index < -0.39 is 0 Å². The summed E-state index contributed by atoms with van der Waals surface area (Å²) in [5.74, 6) is 0.230. The molecule has 5 heteroatoms. The average molecular weight is 309 g/mol. The molecule has 4 nitrogen and oxygen atoms in total. The minimum Gasteiger partial charge on any atom is -0.384 e. The molecular weight excluding hydrogens is 286 g/mol. The van der Waals surface area contributed by atoms with E-state index in [0.29, 0.717) is 13.0 Å². The first-order valence-electron chi connectivity index (χ1n) is 7.63. The molecule has 3 heterocycles. The smallest absolute Gasteiger partial charge is 0.227 e. The quantitative estimate of drug-likeness (QED) is 0.857. The van der Waals surface area contributed by atoms with Gasteiger partial charge in [0.1, 0.15) is 0 Å². The number of fused-ring (bicyclic) bond motifs is 1. The number of carbonyl (C=O) groups excluding carboxylic acids is 1. The van der Waals surface area contributed by atoms with Gasteiger partial charge in [0.25, 0.3) is 0 Å². The Kier molecular flexibility index (Phi) is 4.62. The standard InChI is InChI=1S/C16H23NO3S/c1-19-12-16-5-2-7-20-14(16)3-6-17(11-16)15(18)9-13-4-8-21-10-13/h4,8,10,14H,2-3,5-7,9,11-12H2,1H3. The molecule has 1 aromatic rings. The van der Waals surface area contributed by atoms with Crippen LogP contribution in [0.1, 0.15) is 24.8 Å². The fraction of sp³-hybridized carbons (Fsp3) is 0.688. The predicted octanol–water partition coefficient (Wildman–Crippen LogP) is 2.33. The number of carbonyl (C=O) groups is 1. The summed E-state index contributed by atoms with van der Waals surface area (Å²) in [5, 5.41) is 4.08. The number of hydrogen-bond acceptors (Lipinski definition) is 4. The van der Waals surface area contributed by atoms with Crippen molar-refractivity contribution in [1.29, 1.82) is 0 Å². The summed E-state index contributed by atoms with van der Waals surface area (Å²) >= 11 is 1.64. The highest BCUT2D eigenvalue weighted by Gasteiger charge is 2.46. The largest absolute Gasteiger partial charge is 0.384 e.